The van der Waals surface area contributed by atoms with Crippen molar-refractivity contribution in [2.45, 2.75) is 49.9 Å². The van der Waals surface area contributed by atoms with Gasteiger partial charge in [0, 0.05) is 6.54 Å². The van der Waals surface area contributed by atoms with E-state index in [4.69, 9.17) is 16.6 Å². The molecule has 2 fully saturated rings. The van der Waals surface area contributed by atoms with Crippen LogP contribution in [0.2, 0.25) is 0 Å². The molecular weight excluding hydrogens is 304 g/mol. The van der Waals surface area contributed by atoms with Gasteiger partial charge in [0.2, 0.25) is 11.8 Å². The number of aliphatic hydroxyl groups excluding tert-OH is 2. The Morgan fingerprint density at radius 1 is 1.39 bits per heavy atom. The number of aliphatic hydroxyl groups is 2. The Balaban J connectivity index is 2.23. The summed E-state index contributed by atoms with van der Waals surface area (Å²) in [5.41, 5.74) is 9.83. The van der Waals surface area contributed by atoms with Crippen molar-refractivity contribution in [2.75, 3.05) is 19.7 Å². The average Bonchev–Trinajstić information content (AvgIpc) is 2.52. The van der Waals surface area contributed by atoms with E-state index in [1.165, 1.54) is 16.7 Å². The molecule has 2 aliphatic heterocycles. The van der Waals surface area contributed by atoms with Crippen LogP contribution in [0.15, 0.2) is 0 Å². The SMILES string of the molecule is C[C@@H](O)[C@@H](C(N)=O)N1CC2(CCCCN2C(=O)C(N)CO)C1=O. The number of likely N-dealkylation sites (tertiary alicyclic amines) is 2. The highest BCUT2D eigenvalue weighted by molar-refractivity contribution is 6.00. The summed E-state index contributed by atoms with van der Waals surface area (Å²) < 4.78 is 0. The summed E-state index contributed by atoms with van der Waals surface area (Å²) in [4.78, 5) is 39.2. The molecule has 0 radical (unpaired) electrons. The Morgan fingerprint density at radius 3 is 2.52 bits per heavy atom. The zero-order valence-electron chi connectivity index (χ0n) is 13.1. The summed E-state index contributed by atoms with van der Waals surface area (Å²) in [5, 5.41) is 18.8. The molecule has 23 heavy (non-hydrogen) atoms. The second kappa shape index (κ2) is 6.42. The number of nitrogens with zero attached hydrogens (tertiary/aromatic N) is 2. The fraction of sp³-hybridized carbons (Fsp3) is 0.786. The molecule has 0 saturated carbocycles. The molecule has 1 spiro atoms. The number of nitrogens with two attached hydrogens (primary N) is 2. The van der Waals surface area contributed by atoms with Gasteiger partial charge in [-0.2, -0.15) is 0 Å². The molecular formula is C14H24N4O5. The first-order chi connectivity index (χ1) is 10.8. The molecule has 0 bridgehead atoms. The van der Waals surface area contributed by atoms with Crippen LogP contribution in [0.3, 0.4) is 0 Å². The normalized spacial score (nSPS) is 28.3. The van der Waals surface area contributed by atoms with E-state index in [1.54, 1.807) is 0 Å². The average molecular weight is 328 g/mol. The number of carbonyl (C=O) groups is 3. The van der Waals surface area contributed by atoms with Crippen LogP contribution in [0, 0.1) is 0 Å². The highest BCUT2D eigenvalue weighted by Crippen LogP contribution is 2.39. The van der Waals surface area contributed by atoms with E-state index in [0.717, 1.165) is 12.8 Å². The Hall–Kier alpha value is -1.71. The van der Waals surface area contributed by atoms with Gasteiger partial charge >= 0.3 is 0 Å². The summed E-state index contributed by atoms with van der Waals surface area (Å²) in [7, 11) is 0. The van der Waals surface area contributed by atoms with Crippen molar-refractivity contribution in [3.05, 3.63) is 0 Å². The summed E-state index contributed by atoms with van der Waals surface area (Å²) >= 11 is 0. The van der Waals surface area contributed by atoms with Gasteiger partial charge in [-0.3, -0.25) is 14.4 Å². The maximum atomic E-state index is 12.7. The maximum absolute atomic E-state index is 12.7. The molecule has 6 N–H and O–H groups in total. The van der Waals surface area contributed by atoms with Gasteiger partial charge in [-0.25, -0.2) is 0 Å². The van der Waals surface area contributed by atoms with E-state index in [0.29, 0.717) is 13.0 Å². The third-order valence-corrected chi connectivity index (χ3v) is 4.69. The van der Waals surface area contributed by atoms with E-state index in [2.05, 4.69) is 0 Å². The van der Waals surface area contributed by atoms with Gasteiger partial charge < -0.3 is 31.5 Å². The van der Waals surface area contributed by atoms with Gasteiger partial charge in [0.15, 0.2) is 0 Å². The van der Waals surface area contributed by atoms with Crippen molar-refractivity contribution in [3.8, 4) is 0 Å². The number of amides is 3. The molecule has 0 aromatic carbocycles. The van der Waals surface area contributed by atoms with Crippen LogP contribution >= 0.6 is 0 Å². The molecule has 2 unspecified atom stereocenters. The second-order valence-electron chi connectivity index (χ2n) is 6.29. The minimum Gasteiger partial charge on any atom is -0.394 e. The standard InChI is InChI=1S/C14H24N4O5/c1-8(20)10(11(16)21)17-7-14(13(17)23)4-2-3-5-18(14)12(22)9(15)6-19/h8-10,19-20H,2-7,15H2,1H3,(H2,16,21)/t8-,9?,10+,14?/m1/s1. The molecule has 2 saturated heterocycles. The van der Waals surface area contributed by atoms with E-state index >= 15 is 0 Å². The lowest BCUT2D eigenvalue weighted by Gasteiger charge is -2.58. The van der Waals surface area contributed by atoms with Crippen molar-refractivity contribution >= 4 is 17.7 Å². The summed E-state index contributed by atoms with van der Waals surface area (Å²) in [5.74, 6) is -1.67. The molecule has 9 nitrogen and oxygen atoms in total. The van der Waals surface area contributed by atoms with Gasteiger partial charge in [0.1, 0.15) is 17.6 Å². The third kappa shape index (κ3) is 2.79. The lowest BCUT2D eigenvalue weighted by Crippen LogP contribution is -2.80. The van der Waals surface area contributed by atoms with Gasteiger partial charge in [0.25, 0.3) is 5.91 Å². The highest BCUT2D eigenvalue weighted by Gasteiger charge is 2.61. The number of primary amides is 1. The lowest BCUT2D eigenvalue weighted by atomic mass is 9.77. The number of carbonyl (C=O) groups excluding carboxylic acids is 3. The quantitative estimate of drug-likeness (QED) is 0.398. The molecule has 9 heteroatoms. The molecule has 130 valence electrons. The van der Waals surface area contributed by atoms with Crippen LogP contribution in [0.5, 0.6) is 0 Å². The molecule has 0 aliphatic carbocycles. The van der Waals surface area contributed by atoms with Crippen LogP contribution in [0.1, 0.15) is 26.2 Å². The molecule has 2 aliphatic rings. The number of rotatable bonds is 5. The van der Waals surface area contributed by atoms with Crippen molar-refractivity contribution in [2.24, 2.45) is 11.5 Å². The van der Waals surface area contributed by atoms with Gasteiger partial charge in [-0.05, 0) is 26.2 Å². The molecule has 3 amide bonds. The van der Waals surface area contributed by atoms with Gasteiger partial charge in [-0.15, -0.1) is 0 Å². The predicted molar refractivity (Wildman–Crippen MR) is 79.7 cm³/mol. The smallest absolute Gasteiger partial charge is 0.251 e. The van der Waals surface area contributed by atoms with E-state index < -0.39 is 48.1 Å². The number of hydrogen-bond acceptors (Lipinski definition) is 6. The second-order valence-corrected chi connectivity index (χ2v) is 6.29. The Bertz CT molecular complexity index is 511. The predicted octanol–water partition coefficient (Wildman–Crippen LogP) is -2.87. The lowest BCUT2D eigenvalue weighted by molar-refractivity contribution is -0.184. The highest BCUT2D eigenvalue weighted by atomic mass is 16.3. The molecule has 2 heterocycles. The van der Waals surface area contributed by atoms with E-state index in [9.17, 15) is 19.5 Å². The molecule has 0 aromatic heterocycles. The Kier molecular flexibility index (Phi) is 4.92. The minimum atomic E-state index is -1.11. The number of hydrogen-bond donors (Lipinski definition) is 4. The van der Waals surface area contributed by atoms with Crippen LogP contribution in [-0.4, -0.2) is 81.2 Å². The summed E-state index contributed by atoms with van der Waals surface area (Å²) in [6.07, 6.45) is 0.890. The molecule has 0 aromatic rings. The first-order valence-corrected chi connectivity index (χ1v) is 7.72. The van der Waals surface area contributed by atoms with Crippen molar-refractivity contribution in [1.29, 1.82) is 0 Å². The first-order valence-electron chi connectivity index (χ1n) is 7.72. The van der Waals surface area contributed by atoms with Gasteiger partial charge in [0.05, 0.1) is 19.3 Å². The minimum absolute atomic E-state index is 0.133. The topological polar surface area (TPSA) is 150 Å². The Labute approximate surface area is 134 Å². The number of β-lactam (4-membered cyclic amide) rings is 1. The number of piperidine rings is 1. The monoisotopic (exact) mass is 328 g/mol. The van der Waals surface area contributed by atoms with E-state index in [-0.39, 0.29) is 6.54 Å². The Morgan fingerprint density at radius 2 is 2.04 bits per heavy atom. The summed E-state index contributed by atoms with van der Waals surface area (Å²) in [6.45, 7) is 1.40. The molecule has 2 rings (SSSR count). The largest absolute Gasteiger partial charge is 0.394 e. The van der Waals surface area contributed by atoms with Crippen molar-refractivity contribution in [1.82, 2.24) is 9.80 Å². The van der Waals surface area contributed by atoms with Crippen molar-refractivity contribution in [3.63, 3.8) is 0 Å². The van der Waals surface area contributed by atoms with Crippen LogP contribution < -0.4 is 11.5 Å². The fourth-order valence-corrected chi connectivity index (χ4v) is 3.50. The zero-order chi connectivity index (χ0) is 17.4. The first kappa shape index (κ1) is 17.6. The van der Waals surface area contributed by atoms with Gasteiger partial charge in [-0.1, -0.05) is 0 Å². The van der Waals surface area contributed by atoms with Crippen LogP contribution in [0.4, 0.5) is 0 Å². The molecule has 4 atom stereocenters. The van der Waals surface area contributed by atoms with E-state index in [1.807, 2.05) is 0 Å². The van der Waals surface area contributed by atoms with Crippen LogP contribution in [-0.2, 0) is 14.4 Å². The zero-order valence-corrected chi connectivity index (χ0v) is 13.1. The third-order valence-electron chi connectivity index (χ3n) is 4.69. The van der Waals surface area contributed by atoms with Crippen LogP contribution in [0.25, 0.3) is 0 Å². The summed E-state index contributed by atoms with van der Waals surface area (Å²) in [6, 6.07) is -2.19. The van der Waals surface area contributed by atoms with Crippen molar-refractivity contribution < 1.29 is 24.6 Å². The maximum Gasteiger partial charge on any atom is 0.251 e. The fourth-order valence-electron chi connectivity index (χ4n) is 3.50.